The third-order valence-corrected chi connectivity index (χ3v) is 6.40. The van der Waals surface area contributed by atoms with Crippen LogP contribution >= 0.6 is 0 Å². The van der Waals surface area contributed by atoms with Crippen LogP contribution in [-0.4, -0.2) is 44.3 Å². The zero-order valence-corrected chi connectivity index (χ0v) is 20.9. The fraction of sp³-hybridized carbons (Fsp3) is 0.241. The Hall–Kier alpha value is -4.46. The molecule has 0 aromatic heterocycles. The summed E-state index contributed by atoms with van der Waals surface area (Å²) < 4.78 is 16.7. The van der Waals surface area contributed by atoms with E-state index in [0.717, 1.165) is 12.1 Å². The molecule has 8 nitrogen and oxygen atoms in total. The lowest BCUT2D eigenvalue weighted by Crippen LogP contribution is -2.30. The predicted molar refractivity (Wildman–Crippen MR) is 140 cm³/mol. The van der Waals surface area contributed by atoms with Crippen LogP contribution in [0.3, 0.4) is 0 Å². The van der Waals surface area contributed by atoms with Crippen LogP contribution in [0.1, 0.15) is 30.5 Å². The normalized spacial score (nSPS) is 17.8. The van der Waals surface area contributed by atoms with Gasteiger partial charge >= 0.3 is 0 Å². The average molecular weight is 501 g/mol. The van der Waals surface area contributed by atoms with E-state index in [1.54, 1.807) is 36.4 Å². The summed E-state index contributed by atoms with van der Waals surface area (Å²) in [4.78, 5) is 30.4. The van der Waals surface area contributed by atoms with Gasteiger partial charge in [0, 0.05) is 25.3 Å². The van der Waals surface area contributed by atoms with E-state index in [9.17, 15) is 14.7 Å². The van der Waals surface area contributed by atoms with Gasteiger partial charge in [0.15, 0.2) is 11.5 Å². The zero-order chi connectivity index (χ0) is 26.1. The maximum absolute atomic E-state index is 13.5. The van der Waals surface area contributed by atoms with Gasteiger partial charge in [0.1, 0.15) is 11.5 Å². The second-order valence-corrected chi connectivity index (χ2v) is 9.04. The van der Waals surface area contributed by atoms with Gasteiger partial charge in [-0.15, -0.1) is 0 Å². The summed E-state index contributed by atoms with van der Waals surface area (Å²) in [6.45, 7) is 2.53. The number of benzene rings is 3. The Labute approximate surface area is 215 Å². The number of carbonyl (C=O) groups is 2. The third-order valence-electron chi connectivity index (χ3n) is 6.40. The van der Waals surface area contributed by atoms with Gasteiger partial charge in [0.2, 0.25) is 6.79 Å². The highest BCUT2D eigenvalue weighted by Gasteiger charge is 2.47. The number of aliphatic hydroxyl groups excluding tert-OH is 1. The van der Waals surface area contributed by atoms with Gasteiger partial charge in [0.25, 0.3) is 11.7 Å². The second-order valence-electron chi connectivity index (χ2n) is 9.04. The summed E-state index contributed by atoms with van der Waals surface area (Å²) in [6.07, 6.45) is 0.784. The molecule has 0 saturated carbocycles. The molecule has 1 saturated heterocycles. The van der Waals surface area contributed by atoms with E-state index in [4.69, 9.17) is 14.2 Å². The first-order valence-corrected chi connectivity index (χ1v) is 12.1. The number of ether oxygens (including phenoxy) is 3. The Bertz CT molecular complexity index is 1380. The zero-order valence-electron chi connectivity index (χ0n) is 20.9. The molecule has 3 aromatic carbocycles. The molecule has 190 valence electrons. The van der Waals surface area contributed by atoms with Crippen molar-refractivity contribution in [3.63, 3.8) is 0 Å². The van der Waals surface area contributed by atoms with E-state index >= 15 is 0 Å². The van der Waals surface area contributed by atoms with Crippen LogP contribution in [0.25, 0.3) is 5.76 Å². The molecule has 1 unspecified atom stereocenters. The third kappa shape index (κ3) is 4.35. The van der Waals surface area contributed by atoms with Crippen molar-refractivity contribution in [2.45, 2.75) is 19.4 Å². The van der Waals surface area contributed by atoms with Crippen molar-refractivity contribution in [1.82, 2.24) is 0 Å². The number of carbonyl (C=O) groups excluding carboxylic acids is 2. The van der Waals surface area contributed by atoms with Crippen molar-refractivity contribution in [2.24, 2.45) is 0 Å². The summed E-state index contributed by atoms with van der Waals surface area (Å²) in [6, 6.07) is 18.7. The highest BCUT2D eigenvalue weighted by atomic mass is 16.7. The quantitative estimate of drug-likeness (QED) is 0.281. The first kappa shape index (κ1) is 24.2. The monoisotopic (exact) mass is 500 g/mol. The van der Waals surface area contributed by atoms with E-state index in [2.05, 4.69) is 0 Å². The number of para-hydroxylation sites is 2. The van der Waals surface area contributed by atoms with Crippen molar-refractivity contribution in [3.8, 4) is 17.2 Å². The molecule has 1 atom stereocenters. The van der Waals surface area contributed by atoms with E-state index in [1.165, 1.54) is 4.90 Å². The van der Waals surface area contributed by atoms with Crippen molar-refractivity contribution in [3.05, 3.63) is 83.4 Å². The van der Waals surface area contributed by atoms with E-state index in [1.807, 2.05) is 56.3 Å². The van der Waals surface area contributed by atoms with Gasteiger partial charge in [-0.3, -0.25) is 14.5 Å². The van der Waals surface area contributed by atoms with Gasteiger partial charge in [-0.25, -0.2) is 0 Å². The molecule has 0 bridgehead atoms. The molecule has 5 rings (SSSR count). The molecule has 37 heavy (non-hydrogen) atoms. The highest BCUT2D eigenvalue weighted by Crippen LogP contribution is 2.46. The predicted octanol–water partition coefficient (Wildman–Crippen LogP) is 4.90. The molecule has 1 N–H and O–H groups in total. The summed E-state index contributed by atoms with van der Waals surface area (Å²) in [7, 11) is 3.87. The van der Waals surface area contributed by atoms with Crippen LogP contribution in [0, 0.1) is 0 Å². The number of anilines is 2. The minimum absolute atomic E-state index is 0.00763. The minimum atomic E-state index is -0.868. The Morgan fingerprint density at radius 3 is 2.49 bits per heavy atom. The van der Waals surface area contributed by atoms with Crippen molar-refractivity contribution in [1.29, 1.82) is 0 Å². The van der Waals surface area contributed by atoms with Crippen molar-refractivity contribution >= 4 is 28.8 Å². The molecule has 1 amide bonds. The standard InChI is InChI=1S/C29H28N2O6/c1-4-15-35-22-8-6-5-7-21(22)31-26(18-9-12-20(13-10-18)30(2)3)25(28(33)29(31)34)27(32)19-11-14-23-24(16-19)37-17-36-23/h5-14,16,26,32H,4,15,17H2,1-3H3/b27-25-. The molecular formula is C29H28N2O6. The van der Waals surface area contributed by atoms with Gasteiger partial charge in [-0.1, -0.05) is 31.2 Å². The summed E-state index contributed by atoms with van der Waals surface area (Å²) in [5.41, 5.74) is 2.45. The van der Waals surface area contributed by atoms with Gasteiger partial charge in [-0.05, 0) is 54.4 Å². The van der Waals surface area contributed by atoms with Crippen molar-refractivity contribution < 1.29 is 28.9 Å². The van der Waals surface area contributed by atoms with Gasteiger partial charge in [-0.2, -0.15) is 0 Å². The molecule has 0 spiro atoms. The molecule has 8 heteroatoms. The maximum atomic E-state index is 13.5. The maximum Gasteiger partial charge on any atom is 0.300 e. The van der Waals surface area contributed by atoms with Crippen LogP contribution in [0.5, 0.6) is 17.2 Å². The number of rotatable bonds is 7. The van der Waals surface area contributed by atoms with Gasteiger partial charge < -0.3 is 24.2 Å². The smallest absolute Gasteiger partial charge is 0.300 e. The minimum Gasteiger partial charge on any atom is -0.507 e. The molecular weight excluding hydrogens is 472 g/mol. The van der Waals surface area contributed by atoms with Gasteiger partial charge in [0.05, 0.1) is 23.9 Å². The molecule has 1 fully saturated rings. The largest absolute Gasteiger partial charge is 0.507 e. The summed E-state index contributed by atoms with van der Waals surface area (Å²) >= 11 is 0. The number of nitrogens with zero attached hydrogens (tertiary/aromatic N) is 2. The van der Waals surface area contributed by atoms with Crippen molar-refractivity contribution in [2.75, 3.05) is 37.3 Å². The lowest BCUT2D eigenvalue weighted by atomic mass is 9.94. The number of hydrogen-bond donors (Lipinski definition) is 1. The second kappa shape index (κ2) is 9.89. The fourth-order valence-corrected chi connectivity index (χ4v) is 4.54. The highest BCUT2D eigenvalue weighted by molar-refractivity contribution is 6.52. The molecule has 0 radical (unpaired) electrons. The lowest BCUT2D eigenvalue weighted by Gasteiger charge is -2.27. The lowest BCUT2D eigenvalue weighted by molar-refractivity contribution is -0.132. The Kier molecular flexibility index (Phi) is 6.48. The number of fused-ring (bicyclic) bond motifs is 1. The Balaban J connectivity index is 1.69. The van der Waals surface area contributed by atoms with Crippen LogP contribution in [0.2, 0.25) is 0 Å². The first-order chi connectivity index (χ1) is 17.9. The number of hydrogen-bond acceptors (Lipinski definition) is 7. The summed E-state index contributed by atoms with van der Waals surface area (Å²) in [5.74, 6) is -0.297. The molecule has 2 heterocycles. The van der Waals surface area contributed by atoms with E-state index < -0.39 is 17.7 Å². The SMILES string of the molecule is CCCOc1ccccc1N1C(=O)C(=O)/C(=C(\O)c2ccc3c(c2)OCO3)C1c1ccc(N(C)C)cc1. The molecule has 2 aliphatic heterocycles. The molecule has 3 aromatic rings. The van der Waals surface area contributed by atoms with Crippen LogP contribution in [0.15, 0.2) is 72.3 Å². The number of ketones is 1. The number of Topliss-reactive ketones (excluding diaryl/α,β-unsaturated/α-hetero) is 1. The Morgan fingerprint density at radius 1 is 1.03 bits per heavy atom. The fourth-order valence-electron chi connectivity index (χ4n) is 4.54. The van der Waals surface area contributed by atoms with Crippen LogP contribution in [-0.2, 0) is 9.59 Å². The first-order valence-electron chi connectivity index (χ1n) is 12.1. The average Bonchev–Trinajstić information content (AvgIpc) is 3.49. The Morgan fingerprint density at radius 2 is 1.76 bits per heavy atom. The van der Waals surface area contributed by atoms with E-state index in [0.29, 0.717) is 40.7 Å². The van der Waals surface area contributed by atoms with E-state index in [-0.39, 0.29) is 18.1 Å². The topological polar surface area (TPSA) is 88.5 Å². The van der Waals surface area contributed by atoms with Crippen LogP contribution < -0.4 is 24.0 Å². The summed E-state index contributed by atoms with van der Waals surface area (Å²) in [5, 5.41) is 11.4. The van der Waals surface area contributed by atoms with Crippen LogP contribution in [0.4, 0.5) is 11.4 Å². The molecule has 2 aliphatic rings. The number of amides is 1. The number of aliphatic hydroxyl groups is 1. The molecule has 0 aliphatic carbocycles.